The lowest BCUT2D eigenvalue weighted by molar-refractivity contribution is -0.240. The first-order chi connectivity index (χ1) is 20.5. The summed E-state index contributed by atoms with van der Waals surface area (Å²) in [5, 5.41) is 81.5. The maximum Gasteiger partial charge on any atom is 0.331 e. The fourth-order valence-corrected chi connectivity index (χ4v) is 4.78. The van der Waals surface area contributed by atoms with Crippen LogP contribution >= 0.6 is 0 Å². The topological polar surface area (TPSA) is 228 Å². The van der Waals surface area contributed by atoms with Crippen LogP contribution in [0.2, 0.25) is 0 Å². The van der Waals surface area contributed by atoms with Crippen LogP contribution in [0.4, 0.5) is 0 Å². The molecule has 43 heavy (non-hydrogen) atoms. The highest BCUT2D eigenvalue weighted by atomic mass is 16.6. The van der Waals surface area contributed by atoms with Gasteiger partial charge in [-0.05, 0) is 42.0 Å². The number of hydrogen-bond donors (Lipinski definition) is 8. The van der Waals surface area contributed by atoms with Crippen LogP contribution in [0.25, 0.3) is 28.4 Å². The fraction of sp³-hybridized carbons (Fsp3) is 0.200. The Balaban J connectivity index is 1.54. The number of carbonyl (C=O) groups is 1. The number of phenols is 5. The molecule has 1 aliphatic heterocycles. The Hall–Kier alpha value is -5.08. The summed E-state index contributed by atoms with van der Waals surface area (Å²) in [5.74, 6) is -3.50. The average molecular weight is 595 g/mol. The molecule has 0 saturated carbocycles. The number of carbonyl (C=O) groups excluding carboxylic acids is 1. The average Bonchev–Trinajstić information content (AvgIpc) is 2.97. The van der Waals surface area contributed by atoms with Gasteiger partial charge in [0.05, 0.1) is 12.2 Å². The van der Waals surface area contributed by atoms with Gasteiger partial charge in [0.25, 0.3) is 0 Å². The van der Waals surface area contributed by atoms with Gasteiger partial charge in [0.2, 0.25) is 0 Å². The zero-order valence-corrected chi connectivity index (χ0v) is 22.1. The minimum absolute atomic E-state index is 0.0115. The van der Waals surface area contributed by atoms with Crippen LogP contribution in [0.5, 0.6) is 28.7 Å². The van der Waals surface area contributed by atoms with Gasteiger partial charge in [0.1, 0.15) is 58.4 Å². The Bertz CT molecular complexity index is 1760. The van der Waals surface area contributed by atoms with Crippen molar-refractivity contribution in [1.29, 1.82) is 0 Å². The van der Waals surface area contributed by atoms with Gasteiger partial charge in [0, 0.05) is 23.8 Å². The standard InChI is InChI=1S/C30H26O13/c31-12-22-26(38)28(40)30(43-23(37)8-3-13-1-5-15(32)6-2-13)29(42-22)25-19(36)11-21-24(27(25)39)18(35)10-20(41-21)14-4-7-16(33)17(34)9-14/h1-11,22,26,28-34,36,38-40H,12H2/b8-3+/t22-,26-,28+,29+,30-/m1/s1. The number of aliphatic hydroxyl groups excluding tert-OH is 3. The number of rotatable bonds is 6. The number of aromatic hydroxyl groups is 5. The summed E-state index contributed by atoms with van der Waals surface area (Å²) < 4.78 is 16.7. The second-order valence-corrected chi connectivity index (χ2v) is 9.79. The Kier molecular flexibility index (Phi) is 7.98. The molecule has 224 valence electrons. The quantitative estimate of drug-likeness (QED) is 0.0905. The van der Waals surface area contributed by atoms with Gasteiger partial charge in [-0.1, -0.05) is 12.1 Å². The summed E-state index contributed by atoms with van der Waals surface area (Å²) in [5.41, 5.74) is -0.842. The molecule has 0 unspecified atom stereocenters. The molecule has 0 spiro atoms. The van der Waals surface area contributed by atoms with Gasteiger partial charge >= 0.3 is 5.97 Å². The molecule has 1 saturated heterocycles. The van der Waals surface area contributed by atoms with E-state index < -0.39 is 82.5 Å². The van der Waals surface area contributed by atoms with E-state index in [1.807, 2.05) is 0 Å². The molecule has 1 fully saturated rings. The molecule has 1 aliphatic rings. The van der Waals surface area contributed by atoms with Crippen molar-refractivity contribution in [3.63, 3.8) is 0 Å². The SMILES string of the molecule is O=C(/C=C/c1ccc(O)cc1)O[C@@H]1[C@@H](O)[C@H](O)[C@@H](CO)O[C@H]1c1c(O)cc2oc(-c3ccc(O)c(O)c3)cc(=O)c2c1O. The van der Waals surface area contributed by atoms with Crippen molar-refractivity contribution >= 4 is 23.0 Å². The molecule has 0 amide bonds. The van der Waals surface area contributed by atoms with Gasteiger partial charge < -0.3 is 54.7 Å². The molecule has 1 aromatic heterocycles. The number of ether oxygens (including phenoxy) is 2. The van der Waals surface area contributed by atoms with E-state index in [2.05, 4.69) is 0 Å². The van der Waals surface area contributed by atoms with Crippen molar-refractivity contribution in [2.45, 2.75) is 30.5 Å². The smallest absolute Gasteiger partial charge is 0.331 e. The largest absolute Gasteiger partial charge is 0.508 e. The minimum atomic E-state index is -1.86. The minimum Gasteiger partial charge on any atom is -0.508 e. The summed E-state index contributed by atoms with van der Waals surface area (Å²) in [6, 6.07) is 11.5. The van der Waals surface area contributed by atoms with E-state index >= 15 is 0 Å². The Morgan fingerprint density at radius 1 is 0.884 bits per heavy atom. The van der Waals surface area contributed by atoms with Crippen molar-refractivity contribution in [1.82, 2.24) is 0 Å². The highest BCUT2D eigenvalue weighted by molar-refractivity contribution is 5.89. The monoisotopic (exact) mass is 594 g/mol. The van der Waals surface area contributed by atoms with Gasteiger partial charge in [0.15, 0.2) is 23.0 Å². The van der Waals surface area contributed by atoms with Crippen LogP contribution in [0.15, 0.2) is 69.9 Å². The lowest BCUT2D eigenvalue weighted by Crippen LogP contribution is -2.56. The Morgan fingerprint density at radius 2 is 1.60 bits per heavy atom. The number of phenolic OH excluding ortho intramolecular Hbond substituents is 5. The highest BCUT2D eigenvalue weighted by Gasteiger charge is 2.49. The predicted octanol–water partition coefficient (Wildman–Crippen LogP) is 1.77. The molecule has 4 aromatic rings. The molecule has 0 aliphatic carbocycles. The van der Waals surface area contributed by atoms with Crippen LogP contribution in [-0.4, -0.2) is 77.8 Å². The molecule has 13 nitrogen and oxygen atoms in total. The van der Waals surface area contributed by atoms with Crippen LogP contribution < -0.4 is 5.43 Å². The number of benzene rings is 3. The summed E-state index contributed by atoms with van der Waals surface area (Å²) in [6.07, 6.45) is -6.11. The van der Waals surface area contributed by atoms with Crippen molar-refractivity contribution in [2.75, 3.05) is 6.61 Å². The Morgan fingerprint density at radius 3 is 2.28 bits per heavy atom. The number of esters is 1. The normalized spacial score (nSPS) is 22.2. The molecule has 0 radical (unpaired) electrons. The number of fused-ring (bicyclic) bond motifs is 1. The van der Waals surface area contributed by atoms with E-state index in [0.29, 0.717) is 5.56 Å². The van der Waals surface area contributed by atoms with Crippen LogP contribution in [-0.2, 0) is 14.3 Å². The summed E-state index contributed by atoms with van der Waals surface area (Å²) in [7, 11) is 0. The second kappa shape index (κ2) is 11.7. The van der Waals surface area contributed by atoms with Crippen molar-refractivity contribution in [3.05, 3.63) is 82.0 Å². The van der Waals surface area contributed by atoms with E-state index in [0.717, 1.165) is 24.3 Å². The molecular formula is C30H26O13. The first kappa shape index (κ1) is 29.4. The number of hydrogen-bond acceptors (Lipinski definition) is 13. The lowest BCUT2D eigenvalue weighted by atomic mass is 9.89. The third-order valence-electron chi connectivity index (χ3n) is 6.98. The first-order valence-corrected chi connectivity index (χ1v) is 12.8. The third-order valence-corrected chi connectivity index (χ3v) is 6.98. The molecular weight excluding hydrogens is 568 g/mol. The van der Waals surface area contributed by atoms with Crippen molar-refractivity contribution in [3.8, 4) is 40.1 Å². The maximum absolute atomic E-state index is 13.1. The fourth-order valence-electron chi connectivity index (χ4n) is 4.78. The summed E-state index contributed by atoms with van der Waals surface area (Å²) in [4.78, 5) is 25.8. The maximum atomic E-state index is 13.1. The van der Waals surface area contributed by atoms with Gasteiger partial charge in [-0.25, -0.2) is 4.79 Å². The summed E-state index contributed by atoms with van der Waals surface area (Å²) >= 11 is 0. The Labute approximate surface area is 242 Å². The molecule has 5 atom stereocenters. The summed E-state index contributed by atoms with van der Waals surface area (Å²) in [6.45, 7) is -0.795. The van der Waals surface area contributed by atoms with Crippen molar-refractivity contribution < 1.29 is 59.5 Å². The molecule has 3 aromatic carbocycles. The van der Waals surface area contributed by atoms with Gasteiger partial charge in [-0.3, -0.25) is 4.79 Å². The van der Waals surface area contributed by atoms with E-state index in [-0.39, 0.29) is 22.7 Å². The van der Waals surface area contributed by atoms with E-state index in [4.69, 9.17) is 13.9 Å². The first-order valence-electron chi connectivity index (χ1n) is 12.8. The number of aliphatic hydroxyl groups is 3. The predicted molar refractivity (Wildman–Crippen MR) is 148 cm³/mol. The van der Waals surface area contributed by atoms with Crippen LogP contribution in [0.3, 0.4) is 0 Å². The van der Waals surface area contributed by atoms with E-state index in [9.17, 15) is 50.4 Å². The van der Waals surface area contributed by atoms with Gasteiger partial charge in [-0.15, -0.1) is 0 Å². The molecule has 2 heterocycles. The van der Waals surface area contributed by atoms with Crippen LogP contribution in [0, 0.1) is 0 Å². The molecule has 0 bridgehead atoms. The lowest BCUT2D eigenvalue weighted by Gasteiger charge is -2.42. The second-order valence-electron chi connectivity index (χ2n) is 9.79. The van der Waals surface area contributed by atoms with Gasteiger partial charge in [-0.2, -0.15) is 0 Å². The zero-order valence-electron chi connectivity index (χ0n) is 22.1. The highest BCUT2D eigenvalue weighted by Crippen LogP contribution is 2.45. The molecule has 5 rings (SSSR count). The van der Waals surface area contributed by atoms with E-state index in [1.54, 1.807) is 0 Å². The van der Waals surface area contributed by atoms with Crippen molar-refractivity contribution in [2.24, 2.45) is 0 Å². The molecule has 8 N–H and O–H groups in total. The zero-order chi connectivity index (χ0) is 31.0. The molecule has 13 heteroatoms. The van der Waals surface area contributed by atoms with Crippen LogP contribution in [0.1, 0.15) is 17.2 Å². The van der Waals surface area contributed by atoms with E-state index in [1.165, 1.54) is 42.5 Å². The third kappa shape index (κ3) is 5.69.